The molecule has 2 aromatic heterocycles. The number of fused-ring (bicyclic) bond motifs is 3. The van der Waals surface area contributed by atoms with Crippen LogP contribution in [-0.4, -0.2) is 20.8 Å². The lowest BCUT2D eigenvalue weighted by atomic mass is 10.1. The van der Waals surface area contributed by atoms with Crippen molar-refractivity contribution in [3.05, 3.63) is 104 Å². The summed E-state index contributed by atoms with van der Waals surface area (Å²) in [5, 5.41) is 0.587. The molecule has 0 bridgehead atoms. The lowest BCUT2D eigenvalue weighted by Gasteiger charge is -2.15. The Morgan fingerprint density at radius 1 is 0.917 bits per heavy atom. The molecule has 3 aromatic carbocycles. The van der Waals surface area contributed by atoms with E-state index < -0.39 is 23.0 Å². The van der Waals surface area contributed by atoms with E-state index in [0.29, 0.717) is 27.9 Å². The Morgan fingerprint density at radius 2 is 1.64 bits per heavy atom. The maximum Gasteiger partial charge on any atom is 0.416 e. The van der Waals surface area contributed by atoms with Gasteiger partial charge in [0.15, 0.2) is 0 Å². The van der Waals surface area contributed by atoms with Gasteiger partial charge in [-0.2, -0.15) is 13.2 Å². The lowest BCUT2D eigenvalue weighted by Crippen LogP contribution is -2.39. The zero-order valence-corrected chi connectivity index (χ0v) is 19.8. The van der Waals surface area contributed by atoms with Crippen molar-refractivity contribution in [3.8, 4) is 11.4 Å². The Bertz CT molecular complexity index is 1740. The summed E-state index contributed by atoms with van der Waals surface area (Å²) in [6, 6.07) is 17.0. The number of nitrogens with zero attached hydrogens (tertiary/aromatic N) is 3. The van der Waals surface area contributed by atoms with Crippen LogP contribution in [-0.2, 0) is 19.8 Å². The van der Waals surface area contributed by atoms with Crippen LogP contribution in [0.3, 0.4) is 0 Å². The number of alkyl halides is 3. The molecule has 9 heteroatoms. The minimum Gasteiger partial charge on any atom is -0.497 e. The zero-order valence-electron chi connectivity index (χ0n) is 19.8. The molecule has 0 aliphatic carbocycles. The number of aryl methyl sites for hydroxylation is 2. The molecule has 0 aliphatic heterocycles. The first-order chi connectivity index (χ1) is 17.1. The van der Waals surface area contributed by atoms with E-state index in [2.05, 4.69) is 0 Å². The third-order valence-corrected chi connectivity index (χ3v) is 6.36. The Labute approximate surface area is 203 Å². The number of methoxy groups -OCH3 is 1. The Balaban J connectivity index is 1.88. The van der Waals surface area contributed by atoms with Gasteiger partial charge in [-0.25, -0.2) is 9.36 Å². The summed E-state index contributed by atoms with van der Waals surface area (Å²) in [6.07, 6.45) is -4.52. The van der Waals surface area contributed by atoms with Crippen molar-refractivity contribution < 1.29 is 17.9 Å². The van der Waals surface area contributed by atoms with Crippen LogP contribution in [0.15, 0.2) is 76.3 Å². The van der Waals surface area contributed by atoms with E-state index in [1.165, 1.54) is 23.8 Å². The molecule has 0 radical (unpaired) electrons. The molecule has 0 amide bonds. The van der Waals surface area contributed by atoms with Gasteiger partial charge in [0.1, 0.15) is 11.3 Å². The van der Waals surface area contributed by atoms with E-state index in [-0.39, 0.29) is 17.6 Å². The quantitative estimate of drug-likeness (QED) is 0.353. The molecule has 0 saturated heterocycles. The predicted molar refractivity (Wildman–Crippen MR) is 132 cm³/mol. The second-order valence-electron chi connectivity index (χ2n) is 8.68. The van der Waals surface area contributed by atoms with Crippen LogP contribution >= 0.6 is 0 Å². The molecule has 2 heterocycles. The van der Waals surface area contributed by atoms with Gasteiger partial charge in [0, 0.05) is 12.4 Å². The van der Waals surface area contributed by atoms with Crippen molar-refractivity contribution in [3.63, 3.8) is 0 Å². The minimum absolute atomic E-state index is 0.165. The molecule has 5 rings (SSSR count). The molecule has 36 heavy (non-hydrogen) atoms. The molecule has 0 fully saturated rings. The van der Waals surface area contributed by atoms with Gasteiger partial charge in [-0.05, 0) is 55.0 Å². The van der Waals surface area contributed by atoms with Gasteiger partial charge in [-0.1, -0.05) is 29.8 Å². The summed E-state index contributed by atoms with van der Waals surface area (Å²) in [5.41, 5.74) is 0.903. The molecule has 0 saturated carbocycles. The minimum atomic E-state index is -4.52. The maximum atomic E-state index is 13.8. The average molecular weight is 493 g/mol. The molecule has 0 N–H and O–H groups in total. The van der Waals surface area contributed by atoms with E-state index in [4.69, 9.17) is 4.74 Å². The van der Waals surface area contributed by atoms with Crippen molar-refractivity contribution in [1.82, 2.24) is 13.7 Å². The number of hydrogen-bond donors (Lipinski definition) is 0. The van der Waals surface area contributed by atoms with Gasteiger partial charge >= 0.3 is 11.9 Å². The topological polar surface area (TPSA) is 58.2 Å². The monoisotopic (exact) mass is 493 g/mol. The normalized spacial score (nSPS) is 11.9. The summed E-state index contributed by atoms with van der Waals surface area (Å²) in [7, 11) is 3.23. The van der Waals surface area contributed by atoms with Crippen molar-refractivity contribution in [1.29, 1.82) is 0 Å². The fraction of sp³-hybridized carbons (Fsp3) is 0.185. The van der Waals surface area contributed by atoms with Crippen molar-refractivity contribution >= 4 is 21.9 Å². The molecular formula is C27H22F3N3O3. The second-order valence-corrected chi connectivity index (χ2v) is 8.68. The maximum absolute atomic E-state index is 13.8. The Hall–Kier alpha value is -4.27. The van der Waals surface area contributed by atoms with Crippen LogP contribution in [0.25, 0.3) is 27.6 Å². The molecule has 6 nitrogen and oxygen atoms in total. The van der Waals surface area contributed by atoms with Gasteiger partial charge < -0.3 is 9.30 Å². The number of benzene rings is 3. The summed E-state index contributed by atoms with van der Waals surface area (Å²) in [5.74, 6) is 0.524. The van der Waals surface area contributed by atoms with Gasteiger partial charge in [0.2, 0.25) is 0 Å². The summed E-state index contributed by atoms with van der Waals surface area (Å²) >= 11 is 0. The third kappa shape index (κ3) is 3.77. The molecule has 184 valence electrons. The van der Waals surface area contributed by atoms with E-state index in [9.17, 15) is 22.8 Å². The lowest BCUT2D eigenvalue weighted by molar-refractivity contribution is -0.137. The largest absolute Gasteiger partial charge is 0.497 e. The SMILES string of the molecule is COc1ccc2c(c1)c1c(c(=O)n(-c3ccc(C)cc3)c(=O)n1Cc1cccc(C(F)(F)F)c1)n2C. The van der Waals surface area contributed by atoms with E-state index in [1.807, 2.05) is 6.92 Å². The van der Waals surface area contributed by atoms with Crippen LogP contribution in [0.1, 0.15) is 16.7 Å². The molecule has 0 spiro atoms. The van der Waals surface area contributed by atoms with Crippen molar-refractivity contribution in [2.45, 2.75) is 19.6 Å². The number of aromatic nitrogens is 3. The smallest absolute Gasteiger partial charge is 0.416 e. The Kier molecular flexibility index (Phi) is 5.50. The van der Waals surface area contributed by atoms with Crippen LogP contribution in [0.2, 0.25) is 0 Å². The van der Waals surface area contributed by atoms with E-state index >= 15 is 0 Å². The molecular weight excluding hydrogens is 471 g/mol. The average Bonchev–Trinajstić information content (AvgIpc) is 3.14. The van der Waals surface area contributed by atoms with Gasteiger partial charge in [-0.15, -0.1) is 0 Å². The molecule has 0 aliphatic rings. The van der Waals surface area contributed by atoms with Gasteiger partial charge in [0.05, 0.1) is 35.9 Å². The van der Waals surface area contributed by atoms with Crippen LogP contribution in [0, 0.1) is 6.92 Å². The highest BCUT2D eigenvalue weighted by Gasteiger charge is 2.30. The highest BCUT2D eigenvalue weighted by atomic mass is 19.4. The first-order valence-corrected chi connectivity index (χ1v) is 11.2. The number of rotatable bonds is 4. The molecule has 0 unspecified atom stereocenters. The molecule has 5 aromatic rings. The van der Waals surface area contributed by atoms with Crippen molar-refractivity contribution in [2.75, 3.05) is 7.11 Å². The molecule has 0 atom stereocenters. The number of hydrogen-bond acceptors (Lipinski definition) is 3. The zero-order chi connectivity index (χ0) is 25.8. The number of ether oxygens (including phenoxy) is 1. The van der Waals surface area contributed by atoms with Gasteiger partial charge in [0.25, 0.3) is 5.56 Å². The Morgan fingerprint density at radius 3 is 2.31 bits per heavy atom. The third-order valence-electron chi connectivity index (χ3n) is 6.36. The highest BCUT2D eigenvalue weighted by molar-refractivity contribution is 6.06. The first kappa shape index (κ1) is 23.5. The second kappa shape index (κ2) is 8.44. The highest BCUT2D eigenvalue weighted by Crippen LogP contribution is 2.31. The number of halogens is 3. The fourth-order valence-corrected chi connectivity index (χ4v) is 4.56. The summed E-state index contributed by atoms with van der Waals surface area (Å²) in [6.45, 7) is 1.72. The summed E-state index contributed by atoms with van der Waals surface area (Å²) < 4.78 is 49.6. The van der Waals surface area contributed by atoms with Crippen LogP contribution < -0.4 is 16.0 Å². The summed E-state index contributed by atoms with van der Waals surface area (Å²) in [4.78, 5) is 27.6. The standard InChI is InChI=1S/C27H22F3N3O3/c1-16-7-9-19(10-8-16)33-25(34)24-23(21-14-20(36-3)11-12-22(21)31(24)2)32(26(33)35)15-17-5-4-6-18(13-17)27(28,29)30/h4-14H,15H2,1-3H3. The fourth-order valence-electron chi connectivity index (χ4n) is 4.56. The predicted octanol–water partition coefficient (Wildman–Crippen LogP) is 5.03. The van der Waals surface area contributed by atoms with E-state index in [1.54, 1.807) is 54.1 Å². The van der Waals surface area contributed by atoms with E-state index in [0.717, 1.165) is 22.3 Å². The first-order valence-electron chi connectivity index (χ1n) is 11.2. The van der Waals surface area contributed by atoms with Crippen LogP contribution in [0.5, 0.6) is 5.75 Å². The van der Waals surface area contributed by atoms with Crippen molar-refractivity contribution in [2.24, 2.45) is 7.05 Å². The van der Waals surface area contributed by atoms with Crippen LogP contribution in [0.4, 0.5) is 13.2 Å². The van der Waals surface area contributed by atoms with Gasteiger partial charge in [-0.3, -0.25) is 9.36 Å².